The fourth-order valence-electron chi connectivity index (χ4n) is 2.76. The number of urea groups is 1. The van der Waals surface area contributed by atoms with Gasteiger partial charge in [-0.25, -0.2) is 9.59 Å². The number of carboxylic acids is 1. The molecule has 110 valence electrons. The van der Waals surface area contributed by atoms with Gasteiger partial charge < -0.3 is 15.7 Å². The summed E-state index contributed by atoms with van der Waals surface area (Å²) in [5.74, 6) is -0.971. The van der Waals surface area contributed by atoms with Crippen LogP contribution in [0.2, 0.25) is 0 Å². The Hall–Kier alpha value is -1.26. The molecule has 0 aliphatic heterocycles. The van der Waals surface area contributed by atoms with Crippen molar-refractivity contribution in [3.05, 3.63) is 0 Å². The van der Waals surface area contributed by atoms with Gasteiger partial charge in [0, 0.05) is 5.54 Å². The van der Waals surface area contributed by atoms with Crippen molar-refractivity contribution in [2.45, 2.75) is 76.8 Å². The summed E-state index contributed by atoms with van der Waals surface area (Å²) in [7, 11) is 0. The molecule has 1 saturated carbocycles. The number of rotatable bonds is 5. The van der Waals surface area contributed by atoms with E-state index in [-0.39, 0.29) is 11.6 Å². The average molecular weight is 270 g/mol. The molecule has 1 aliphatic carbocycles. The first-order valence-electron chi connectivity index (χ1n) is 7.21. The number of aliphatic carboxylic acids is 1. The zero-order chi connectivity index (χ0) is 14.5. The smallest absolute Gasteiger partial charge is 0.329 e. The number of amides is 2. The summed E-state index contributed by atoms with van der Waals surface area (Å²) >= 11 is 0. The van der Waals surface area contributed by atoms with Gasteiger partial charge in [0.15, 0.2) is 0 Å². The maximum absolute atomic E-state index is 12.1. The second-order valence-corrected chi connectivity index (χ2v) is 5.79. The summed E-state index contributed by atoms with van der Waals surface area (Å²) in [6.45, 7) is 5.59. The molecule has 1 aliphatic rings. The molecule has 0 saturated heterocycles. The topological polar surface area (TPSA) is 78.4 Å². The Labute approximate surface area is 115 Å². The van der Waals surface area contributed by atoms with E-state index in [0.717, 1.165) is 25.7 Å². The molecule has 2 amide bonds. The first kappa shape index (κ1) is 15.8. The van der Waals surface area contributed by atoms with Crippen LogP contribution in [0.1, 0.15) is 65.7 Å². The van der Waals surface area contributed by atoms with Gasteiger partial charge in [-0.05, 0) is 32.6 Å². The Morgan fingerprint density at radius 2 is 1.68 bits per heavy atom. The van der Waals surface area contributed by atoms with Gasteiger partial charge >= 0.3 is 12.0 Å². The molecule has 0 aromatic carbocycles. The molecule has 1 fully saturated rings. The Morgan fingerprint density at radius 3 is 2.11 bits per heavy atom. The van der Waals surface area contributed by atoms with Crippen molar-refractivity contribution in [3.8, 4) is 0 Å². The molecule has 0 atom stereocenters. The van der Waals surface area contributed by atoms with Crippen molar-refractivity contribution in [2.75, 3.05) is 0 Å². The first-order valence-corrected chi connectivity index (χ1v) is 7.21. The molecule has 0 unspecified atom stereocenters. The second-order valence-electron chi connectivity index (χ2n) is 5.79. The lowest BCUT2D eigenvalue weighted by molar-refractivity contribution is -0.144. The van der Waals surface area contributed by atoms with Crippen LogP contribution in [0, 0.1) is 0 Å². The number of carbonyl (C=O) groups excluding carboxylic acids is 1. The molecule has 0 heterocycles. The van der Waals surface area contributed by atoms with Crippen molar-refractivity contribution < 1.29 is 14.7 Å². The van der Waals surface area contributed by atoms with Gasteiger partial charge in [-0.2, -0.15) is 0 Å². The fourth-order valence-corrected chi connectivity index (χ4v) is 2.76. The van der Waals surface area contributed by atoms with Gasteiger partial charge in [0.2, 0.25) is 0 Å². The van der Waals surface area contributed by atoms with Crippen LogP contribution in [-0.4, -0.2) is 28.2 Å². The molecule has 1 rings (SSSR count). The first-order chi connectivity index (χ1) is 8.87. The van der Waals surface area contributed by atoms with Crippen molar-refractivity contribution >= 4 is 12.0 Å². The zero-order valence-electron chi connectivity index (χ0n) is 12.2. The summed E-state index contributed by atoms with van der Waals surface area (Å²) in [4.78, 5) is 23.4. The molecule has 0 bridgehead atoms. The molecule has 0 radical (unpaired) electrons. The van der Waals surface area contributed by atoms with Crippen LogP contribution in [-0.2, 0) is 4.79 Å². The van der Waals surface area contributed by atoms with Crippen LogP contribution < -0.4 is 10.6 Å². The molecule has 0 aromatic rings. The molecule has 0 aromatic heterocycles. The highest BCUT2D eigenvalue weighted by molar-refractivity contribution is 5.86. The van der Waals surface area contributed by atoms with Crippen LogP contribution in [0.4, 0.5) is 4.79 Å². The number of carboxylic acid groups (broad SMARTS) is 1. The fraction of sp³-hybridized carbons (Fsp3) is 0.857. The normalized spacial score (nSPS) is 18.7. The lowest BCUT2D eigenvalue weighted by Gasteiger charge is -2.36. The summed E-state index contributed by atoms with van der Waals surface area (Å²) < 4.78 is 0. The highest BCUT2D eigenvalue weighted by atomic mass is 16.4. The SMILES string of the molecule is CCC(CC)(NC(=O)NC1(C)CCCCC1)C(=O)O. The minimum Gasteiger partial charge on any atom is -0.480 e. The number of hydrogen-bond acceptors (Lipinski definition) is 2. The molecule has 0 spiro atoms. The molecule has 19 heavy (non-hydrogen) atoms. The van der Waals surface area contributed by atoms with Crippen LogP contribution in [0.15, 0.2) is 0 Å². The van der Waals surface area contributed by atoms with Crippen LogP contribution in [0.3, 0.4) is 0 Å². The Morgan fingerprint density at radius 1 is 1.16 bits per heavy atom. The molecule has 3 N–H and O–H groups in total. The van der Waals surface area contributed by atoms with E-state index in [1.54, 1.807) is 13.8 Å². The molecule has 5 nitrogen and oxygen atoms in total. The van der Waals surface area contributed by atoms with Crippen molar-refractivity contribution in [1.82, 2.24) is 10.6 Å². The molecular formula is C14H26N2O3. The summed E-state index contributed by atoms with van der Waals surface area (Å²) in [6.07, 6.45) is 6.11. The lowest BCUT2D eigenvalue weighted by Crippen LogP contribution is -2.60. The molecular weight excluding hydrogens is 244 g/mol. The molecule has 5 heteroatoms. The van der Waals surface area contributed by atoms with Gasteiger partial charge in [-0.1, -0.05) is 33.1 Å². The van der Waals surface area contributed by atoms with E-state index in [1.807, 2.05) is 6.92 Å². The van der Waals surface area contributed by atoms with Gasteiger partial charge in [0.25, 0.3) is 0 Å². The van der Waals surface area contributed by atoms with Crippen molar-refractivity contribution in [3.63, 3.8) is 0 Å². The second kappa shape index (κ2) is 6.26. The maximum atomic E-state index is 12.1. The monoisotopic (exact) mass is 270 g/mol. The minimum absolute atomic E-state index is 0.200. The average Bonchev–Trinajstić information content (AvgIpc) is 2.36. The number of hydrogen-bond donors (Lipinski definition) is 3. The summed E-state index contributed by atoms with van der Waals surface area (Å²) in [6, 6.07) is -0.365. The third kappa shape index (κ3) is 3.85. The summed E-state index contributed by atoms with van der Waals surface area (Å²) in [5, 5.41) is 14.9. The predicted molar refractivity (Wildman–Crippen MR) is 74.1 cm³/mol. The highest BCUT2D eigenvalue weighted by Gasteiger charge is 2.38. The largest absolute Gasteiger partial charge is 0.480 e. The summed E-state index contributed by atoms with van der Waals surface area (Å²) in [5.41, 5.74) is -1.36. The van der Waals surface area contributed by atoms with E-state index in [2.05, 4.69) is 10.6 Å². The van der Waals surface area contributed by atoms with E-state index in [9.17, 15) is 14.7 Å². The Balaban J connectivity index is 2.65. The lowest BCUT2D eigenvalue weighted by atomic mass is 9.83. The number of nitrogens with one attached hydrogen (secondary N) is 2. The van der Waals surface area contributed by atoms with Crippen molar-refractivity contribution in [2.24, 2.45) is 0 Å². The van der Waals surface area contributed by atoms with Crippen LogP contribution in [0.25, 0.3) is 0 Å². The Kier molecular flexibility index (Phi) is 5.20. The van der Waals surface area contributed by atoms with Gasteiger partial charge in [-0.15, -0.1) is 0 Å². The maximum Gasteiger partial charge on any atom is 0.329 e. The van der Waals surface area contributed by atoms with Gasteiger partial charge in [0.1, 0.15) is 5.54 Å². The van der Waals surface area contributed by atoms with E-state index in [1.165, 1.54) is 6.42 Å². The van der Waals surface area contributed by atoms with Gasteiger partial charge in [0.05, 0.1) is 0 Å². The Bertz CT molecular complexity index is 332. The van der Waals surface area contributed by atoms with Gasteiger partial charge in [-0.3, -0.25) is 0 Å². The number of carbonyl (C=O) groups is 2. The highest BCUT2D eigenvalue weighted by Crippen LogP contribution is 2.27. The zero-order valence-corrected chi connectivity index (χ0v) is 12.2. The standard InChI is InChI=1S/C14H26N2O3/c1-4-14(5-2,11(17)18)16-12(19)15-13(3)9-7-6-8-10-13/h4-10H2,1-3H3,(H,17,18)(H2,15,16,19). The van der Waals surface area contributed by atoms with Crippen LogP contribution >= 0.6 is 0 Å². The van der Waals surface area contributed by atoms with Crippen molar-refractivity contribution in [1.29, 1.82) is 0 Å². The third-order valence-electron chi connectivity index (χ3n) is 4.34. The van der Waals surface area contributed by atoms with Crippen LogP contribution in [0.5, 0.6) is 0 Å². The van der Waals surface area contributed by atoms with E-state index < -0.39 is 11.5 Å². The van der Waals surface area contributed by atoms with E-state index in [4.69, 9.17) is 0 Å². The van der Waals surface area contributed by atoms with E-state index >= 15 is 0 Å². The van der Waals surface area contributed by atoms with E-state index in [0.29, 0.717) is 12.8 Å². The minimum atomic E-state index is -1.16. The third-order valence-corrected chi connectivity index (χ3v) is 4.34. The predicted octanol–water partition coefficient (Wildman–Crippen LogP) is 2.65. The quantitative estimate of drug-likeness (QED) is 0.718.